The van der Waals surface area contributed by atoms with Crippen LogP contribution in [0.1, 0.15) is 37.0 Å². The molecule has 0 saturated carbocycles. The molecule has 41 heavy (non-hydrogen) atoms. The van der Waals surface area contributed by atoms with Crippen molar-refractivity contribution in [3.8, 4) is 23.0 Å². The van der Waals surface area contributed by atoms with E-state index in [0.717, 1.165) is 31.7 Å². The van der Waals surface area contributed by atoms with Crippen molar-refractivity contribution in [1.29, 1.82) is 0 Å². The number of urea groups is 1. The zero-order valence-corrected chi connectivity index (χ0v) is 24.3. The van der Waals surface area contributed by atoms with Gasteiger partial charge in [0.2, 0.25) is 0 Å². The Morgan fingerprint density at radius 2 is 1.68 bits per heavy atom. The van der Waals surface area contributed by atoms with Crippen LogP contribution in [0, 0.1) is 0 Å². The van der Waals surface area contributed by atoms with Gasteiger partial charge in [-0.1, -0.05) is 6.07 Å². The molecule has 0 aromatic heterocycles. The van der Waals surface area contributed by atoms with Crippen LogP contribution < -0.4 is 30.3 Å². The lowest BCUT2D eigenvalue weighted by Gasteiger charge is -2.35. The molecule has 1 aliphatic heterocycles. The quantitative estimate of drug-likeness (QED) is 0.277. The summed E-state index contributed by atoms with van der Waals surface area (Å²) in [5.41, 5.74) is 4.26. The first kappa shape index (κ1) is 29.7. The second kappa shape index (κ2) is 13.9. The minimum absolute atomic E-state index is 0.155. The number of piperidine rings is 1. The fraction of sp³-hybridized carbons (Fsp3) is 0.355. The molecule has 1 saturated heterocycles. The first-order valence-corrected chi connectivity index (χ1v) is 13.7. The monoisotopic (exact) mass is 561 g/mol. The maximum atomic E-state index is 12.9. The van der Waals surface area contributed by atoms with Gasteiger partial charge in [0.1, 0.15) is 17.6 Å². The Balaban J connectivity index is 1.35. The average molecular weight is 562 g/mol. The fourth-order valence-electron chi connectivity index (χ4n) is 4.57. The molecule has 10 heteroatoms. The summed E-state index contributed by atoms with van der Waals surface area (Å²) in [6.07, 6.45) is 2.31. The number of nitrogens with one attached hydrogen (secondary N) is 3. The third-order valence-corrected chi connectivity index (χ3v) is 6.63. The summed E-state index contributed by atoms with van der Waals surface area (Å²) in [7, 11) is 4.96. The van der Waals surface area contributed by atoms with Crippen LogP contribution >= 0.6 is 0 Å². The number of nitrogens with zero attached hydrogens (tertiary/aromatic N) is 2. The van der Waals surface area contributed by atoms with Crippen LogP contribution in [0.4, 0.5) is 16.2 Å². The lowest BCUT2D eigenvalue weighted by Crippen LogP contribution is -2.44. The van der Waals surface area contributed by atoms with E-state index in [1.165, 1.54) is 12.1 Å². The van der Waals surface area contributed by atoms with Crippen LogP contribution in [0.2, 0.25) is 0 Å². The van der Waals surface area contributed by atoms with E-state index in [1.54, 1.807) is 68.7 Å². The summed E-state index contributed by atoms with van der Waals surface area (Å²) in [4.78, 5) is 27.3. The maximum Gasteiger partial charge on any atom is 0.333 e. The van der Waals surface area contributed by atoms with E-state index in [0.29, 0.717) is 40.2 Å². The van der Waals surface area contributed by atoms with Crippen molar-refractivity contribution in [3.05, 3.63) is 72.3 Å². The number of carbonyl (C=O) groups excluding carboxylic acids is 2. The van der Waals surface area contributed by atoms with Gasteiger partial charge < -0.3 is 24.8 Å². The van der Waals surface area contributed by atoms with Gasteiger partial charge in [0.05, 0.1) is 7.11 Å². The minimum Gasteiger partial charge on any atom is -0.493 e. The molecule has 10 nitrogen and oxygen atoms in total. The molecule has 0 radical (unpaired) electrons. The van der Waals surface area contributed by atoms with Gasteiger partial charge in [-0.15, -0.1) is 0 Å². The van der Waals surface area contributed by atoms with E-state index in [2.05, 4.69) is 34.8 Å². The number of anilines is 2. The summed E-state index contributed by atoms with van der Waals surface area (Å²) >= 11 is 0. The van der Waals surface area contributed by atoms with E-state index >= 15 is 0 Å². The molecule has 1 unspecified atom stereocenters. The summed E-state index contributed by atoms with van der Waals surface area (Å²) < 4.78 is 17.7. The predicted molar refractivity (Wildman–Crippen MR) is 160 cm³/mol. The number of carbonyl (C=O) groups is 2. The Morgan fingerprint density at radius 3 is 2.39 bits per heavy atom. The van der Waals surface area contributed by atoms with Crippen LogP contribution in [0.3, 0.4) is 0 Å². The molecule has 0 bridgehead atoms. The van der Waals surface area contributed by atoms with E-state index in [4.69, 9.17) is 14.2 Å². The highest BCUT2D eigenvalue weighted by Gasteiger charge is 2.23. The fourth-order valence-corrected chi connectivity index (χ4v) is 4.57. The highest BCUT2D eigenvalue weighted by atomic mass is 16.5. The lowest BCUT2D eigenvalue weighted by atomic mass is 10.1. The molecule has 0 aliphatic carbocycles. The van der Waals surface area contributed by atoms with Crippen LogP contribution in [0.5, 0.6) is 23.0 Å². The lowest BCUT2D eigenvalue weighted by molar-refractivity contribution is 0.0706. The largest absolute Gasteiger partial charge is 0.493 e. The van der Waals surface area contributed by atoms with Gasteiger partial charge >= 0.3 is 6.03 Å². The standard InChI is InChI=1S/C31H39N5O5/c1-21(2)36-17-7-10-27(20-36)40-25-14-11-22(12-15-25)30(37)32-23-8-6-9-26(18-23)41-28-16-13-24(19-29(28)39-5)33-31(38)34-35(3)4/h6,8-9,11-16,18-19,21,27H,7,10,17,20H2,1-5H3,(H,32,37)(H2,33,34,38). The van der Waals surface area contributed by atoms with E-state index in [1.807, 2.05) is 12.1 Å². The highest BCUT2D eigenvalue weighted by Crippen LogP contribution is 2.34. The Bertz CT molecular complexity index is 1330. The SMILES string of the molecule is COc1cc(NC(=O)NN(C)C)ccc1Oc1cccc(NC(=O)c2ccc(OC3CCCN(C(C)C)C3)cc2)c1. The van der Waals surface area contributed by atoms with Gasteiger partial charge in [0, 0.05) is 55.8 Å². The van der Waals surface area contributed by atoms with Gasteiger partial charge in [-0.3, -0.25) is 15.1 Å². The molecule has 1 atom stereocenters. The minimum atomic E-state index is -0.376. The first-order valence-electron chi connectivity index (χ1n) is 13.7. The Hall–Kier alpha value is -4.28. The number of benzene rings is 3. The van der Waals surface area contributed by atoms with Gasteiger partial charge in [-0.25, -0.2) is 9.80 Å². The molecular formula is C31H39N5O5. The summed E-state index contributed by atoms with van der Waals surface area (Å²) in [5.74, 6) is 1.94. The second-order valence-corrected chi connectivity index (χ2v) is 10.4. The number of amides is 3. The normalized spacial score (nSPS) is 15.3. The van der Waals surface area contributed by atoms with Gasteiger partial charge in [0.25, 0.3) is 5.91 Å². The van der Waals surface area contributed by atoms with Crippen molar-refractivity contribution in [2.75, 3.05) is 44.9 Å². The number of rotatable bonds is 10. The summed E-state index contributed by atoms with van der Waals surface area (Å²) in [6, 6.07) is 19.5. The molecule has 1 fully saturated rings. The number of hydrogen-bond donors (Lipinski definition) is 3. The van der Waals surface area contributed by atoms with Crippen LogP contribution in [-0.4, -0.2) is 68.3 Å². The third-order valence-electron chi connectivity index (χ3n) is 6.63. The molecule has 3 amide bonds. The molecule has 218 valence electrons. The zero-order chi connectivity index (χ0) is 29.4. The molecule has 1 heterocycles. The number of methoxy groups -OCH3 is 1. The van der Waals surface area contributed by atoms with Crippen molar-refractivity contribution in [2.45, 2.75) is 38.8 Å². The average Bonchev–Trinajstić information content (AvgIpc) is 2.94. The van der Waals surface area contributed by atoms with Crippen molar-refractivity contribution in [2.24, 2.45) is 0 Å². The molecule has 0 spiro atoms. The van der Waals surface area contributed by atoms with Crippen LogP contribution in [0.25, 0.3) is 0 Å². The van der Waals surface area contributed by atoms with Gasteiger partial charge in [0.15, 0.2) is 11.5 Å². The predicted octanol–water partition coefficient (Wildman–Crippen LogP) is 5.59. The molecule has 1 aliphatic rings. The zero-order valence-electron chi connectivity index (χ0n) is 24.3. The van der Waals surface area contributed by atoms with Crippen LogP contribution in [0.15, 0.2) is 66.7 Å². The van der Waals surface area contributed by atoms with Crippen molar-refractivity contribution >= 4 is 23.3 Å². The van der Waals surface area contributed by atoms with Crippen molar-refractivity contribution in [1.82, 2.24) is 15.3 Å². The Labute approximate surface area is 241 Å². The Kier molecular flexibility index (Phi) is 10.0. The molecule has 3 N–H and O–H groups in total. The summed E-state index contributed by atoms with van der Waals surface area (Å²) in [5, 5.41) is 7.19. The van der Waals surface area contributed by atoms with Crippen molar-refractivity contribution < 1.29 is 23.8 Å². The maximum absolute atomic E-state index is 12.9. The molecular weight excluding hydrogens is 522 g/mol. The topological polar surface area (TPSA) is 104 Å². The number of hydrogen-bond acceptors (Lipinski definition) is 7. The highest BCUT2D eigenvalue weighted by molar-refractivity contribution is 6.04. The van der Waals surface area contributed by atoms with Gasteiger partial charge in [-0.05, 0) is 81.8 Å². The molecule has 3 aromatic rings. The molecule has 3 aromatic carbocycles. The Morgan fingerprint density at radius 1 is 0.927 bits per heavy atom. The summed E-state index contributed by atoms with van der Waals surface area (Å²) in [6.45, 7) is 6.44. The smallest absolute Gasteiger partial charge is 0.333 e. The third kappa shape index (κ3) is 8.60. The van der Waals surface area contributed by atoms with E-state index in [-0.39, 0.29) is 18.0 Å². The van der Waals surface area contributed by atoms with Gasteiger partial charge in [-0.2, -0.15) is 0 Å². The number of ether oxygens (including phenoxy) is 3. The van der Waals surface area contributed by atoms with Crippen LogP contribution in [-0.2, 0) is 0 Å². The van der Waals surface area contributed by atoms with E-state index < -0.39 is 0 Å². The van der Waals surface area contributed by atoms with E-state index in [9.17, 15) is 9.59 Å². The van der Waals surface area contributed by atoms with Crippen molar-refractivity contribution in [3.63, 3.8) is 0 Å². The first-order chi connectivity index (χ1) is 19.7. The second-order valence-electron chi connectivity index (χ2n) is 10.4. The number of likely N-dealkylation sites (tertiary alicyclic amines) is 1. The molecule has 4 rings (SSSR count). The number of hydrazine groups is 1.